The van der Waals surface area contributed by atoms with E-state index in [0.29, 0.717) is 12.2 Å². The Morgan fingerprint density at radius 1 is 1.17 bits per heavy atom. The highest BCUT2D eigenvalue weighted by atomic mass is 16.5. The van der Waals surface area contributed by atoms with Gasteiger partial charge in [-0.3, -0.25) is 9.59 Å². The first-order valence-electron chi connectivity index (χ1n) is 8.27. The molecule has 1 aromatic rings. The van der Waals surface area contributed by atoms with Gasteiger partial charge in [-0.05, 0) is 36.6 Å². The zero-order valence-corrected chi connectivity index (χ0v) is 14.0. The monoisotopic (exact) mass is 318 g/mol. The maximum absolute atomic E-state index is 12.0. The zero-order chi connectivity index (χ0) is 16.7. The molecule has 2 rings (SSSR count). The Labute approximate surface area is 138 Å². The van der Waals surface area contributed by atoms with Gasteiger partial charge in [-0.15, -0.1) is 0 Å². The molecule has 1 aliphatic rings. The number of anilines is 1. The normalized spacial score (nSPS) is 14.5. The lowest BCUT2D eigenvalue weighted by atomic mass is 10.0. The van der Waals surface area contributed by atoms with Crippen molar-refractivity contribution in [1.29, 1.82) is 0 Å². The maximum atomic E-state index is 12.0. The van der Waals surface area contributed by atoms with E-state index < -0.39 is 0 Å². The quantitative estimate of drug-likeness (QED) is 0.840. The number of amides is 2. The van der Waals surface area contributed by atoms with Crippen LogP contribution in [0.25, 0.3) is 0 Å². The number of hydrogen-bond acceptors (Lipinski definition) is 3. The molecule has 0 spiro atoms. The Bertz CT molecular complexity index is 520. The second-order valence-electron chi connectivity index (χ2n) is 6.34. The van der Waals surface area contributed by atoms with Gasteiger partial charge in [0.15, 0.2) is 6.61 Å². The average molecular weight is 318 g/mol. The van der Waals surface area contributed by atoms with E-state index in [4.69, 9.17) is 4.74 Å². The summed E-state index contributed by atoms with van der Waals surface area (Å²) in [6.07, 6.45) is 6.73. The fourth-order valence-corrected chi connectivity index (χ4v) is 2.77. The fourth-order valence-electron chi connectivity index (χ4n) is 2.77. The van der Waals surface area contributed by atoms with Crippen LogP contribution in [0.1, 0.15) is 38.5 Å². The van der Waals surface area contributed by atoms with E-state index in [-0.39, 0.29) is 18.4 Å². The first-order chi connectivity index (χ1) is 11.0. The fraction of sp³-hybridized carbons (Fsp3) is 0.556. The average Bonchev–Trinajstić information content (AvgIpc) is 3.05. The highest BCUT2D eigenvalue weighted by Gasteiger charge is 2.16. The Morgan fingerprint density at radius 2 is 1.83 bits per heavy atom. The number of nitrogens with one attached hydrogen (secondary N) is 1. The van der Waals surface area contributed by atoms with Crippen LogP contribution in [0.4, 0.5) is 5.69 Å². The molecule has 0 saturated heterocycles. The number of ether oxygens (including phenoxy) is 1. The number of rotatable bonds is 7. The van der Waals surface area contributed by atoms with Gasteiger partial charge in [0, 0.05) is 26.2 Å². The highest BCUT2D eigenvalue weighted by molar-refractivity contribution is 5.90. The van der Waals surface area contributed by atoms with Gasteiger partial charge in [-0.2, -0.15) is 0 Å². The number of benzene rings is 1. The van der Waals surface area contributed by atoms with E-state index in [2.05, 4.69) is 5.32 Å². The lowest BCUT2D eigenvalue weighted by Gasteiger charge is -2.12. The van der Waals surface area contributed by atoms with Crippen LogP contribution in [0.15, 0.2) is 24.3 Å². The summed E-state index contributed by atoms with van der Waals surface area (Å²) in [6.45, 7) is 0.0140. The Kier molecular flexibility index (Phi) is 6.44. The number of carbonyl (C=O) groups excluding carboxylic acids is 2. The molecule has 0 aliphatic heterocycles. The second kappa shape index (κ2) is 8.56. The molecular formula is C18H26N2O3. The Hall–Kier alpha value is -2.04. The van der Waals surface area contributed by atoms with Crippen LogP contribution in [0.2, 0.25) is 0 Å². The van der Waals surface area contributed by atoms with Crippen molar-refractivity contribution in [1.82, 2.24) is 4.90 Å². The molecule has 23 heavy (non-hydrogen) atoms. The molecular weight excluding hydrogens is 292 g/mol. The van der Waals surface area contributed by atoms with E-state index in [1.54, 1.807) is 38.4 Å². The Morgan fingerprint density at radius 3 is 2.43 bits per heavy atom. The third kappa shape index (κ3) is 5.93. The van der Waals surface area contributed by atoms with Crippen LogP contribution in [-0.2, 0) is 9.59 Å². The van der Waals surface area contributed by atoms with Crippen LogP contribution in [0.5, 0.6) is 5.75 Å². The molecule has 5 heteroatoms. The number of hydrogen-bond donors (Lipinski definition) is 1. The summed E-state index contributed by atoms with van der Waals surface area (Å²) in [7, 11) is 3.38. The minimum atomic E-state index is -0.0886. The third-order valence-electron chi connectivity index (χ3n) is 4.25. The van der Waals surface area contributed by atoms with E-state index in [9.17, 15) is 9.59 Å². The zero-order valence-electron chi connectivity index (χ0n) is 14.0. The molecule has 1 N–H and O–H groups in total. The van der Waals surface area contributed by atoms with Crippen molar-refractivity contribution in [3.63, 3.8) is 0 Å². The van der Waals surface area contributed by atoms with Crippen LogP contribution < -0.4 is 10.1 Å². The number of carbonyl (C=O) groups is 2. The van der Waals surface area contributed by atoms with Crippen LogP contribution in [0, 0.1) is 5.92 Å². The van der Waals surface area contributed by atoms with Crippen molar-refractivity contribution in [3.05, 3.63) is 24.3 Å². The highest BCUT2D eigenvalue weighted by Crippen LogP contribution is 2.28. The first kappa shape index (κ1) is 17.3. The van der Waals surface area contributed by atoms with Gasteiger partial charge in [0.2, 0.25) is 5.91 Å². The summed E-state index contributed by atoms with van der Waals surface area (Å²) in [5.74, 6) is 1.32. The summed E-state index contributed by atoms with van der Waals surface area (Å²) < 4.78 is 5.40. The van der Waals surface area contributed by atoms with E-state index in [1.165, 1.54) is 30.6 Å². The van der Waals surface area contributed by atoms with Crippen molar-refractivity contribution in [2.24, 2.45) is 5.92 Å². The van der Waals surface area contributed by atoms with Crippen LogP contribution in [-0.4, -0.2) is 37.4 Å². The van der Waals surface area contributed by atoms with Crippen molar-refractivity contribution in [3.8, 4) is 5.75 Å². The van der Waals surface area contributed by atoms with E-state index in [0.717, 1.165) is 18.0 Å². The minimum Gasteiger partial charge on any atom is -0.484 e. The van der Waals surface area contributed by atoms with Gasteiger partial charge in [0.05, 0.1) is 0 Å². The molecule has 0 bridgehead atoms. The largest absolute Gasteiger partial charge is 0.484 e. The second-order valence-corrected chi connectivity index (χ2v) is 6.34. The van der Waals surface area contributed by atoms with Gasteiger partial charge in [-0.25, -0.2) is 0 Å². The standard InChI is InChI=1S/C18H26N2O3/c1-20(2)18(22)13-23-16-10-8-15(9-11-16)19-17(21)12-7-14-5-3-4-6-14/h8-11,14H,3-7,12-13H2,1-2H3,(H,19,21). The predicted molar refractivity (Wildman–Crippen MR) is 90.5 cm³/mol. The van der Waals surface area contributed by atoms with E-state index >= 15 is 0 Å². The van der Waals surface area contributed by atoms with E-state index in [1.807, 2.05) is 0 Å². The lowest BCUT2D eigenvalue weighted by Crippen LogP contribution is -2.27. The van der Waals surface area contributed by atoms with Crippen molar-refractivity contribution >= 4 is 17.5 Å². The third-order valence-corrected chi connectivity index (χ3v) is 4.25. The Balaban J connectivity index is 1.73. The molecule has 1 saturated carbocycles. The van der Waals surface area contributed by atoms with Gasteiger partial charge in [-0.1, -0.05) is 25.7 Å². The first-order valence-corrected chi connectivity index (χ1v) is 8.27. The number of nitrogens with zero attached hydrogens (tertiary/aromatic N) is 1. The van der Waals surface area contributed by atoms with Crippen molar-refractivity contribution in [2.75, 3.05) is 26.0 Å². The van der Waals surface area contributed by atoms with Gasteiger partial charge < -0.3 is 15.0 Å². The summed E-state index contributed by atoms with van der Waals surface area (Å²) in [4.78, 5) is 24.9. The van der Waals surface area contributed by atoms with Crippen LogP contribution >= 0.6 is 0 Å². The summed E-state index contributed by atoms with van der Waals surface area (Å²) >= 11 is 0. The maximum Gasteiger partial charge on any atom is 0.259 e. The molecule has 0 atom stereocenters. The summed E-state index contributed by atoms with van der Waals surface area (Å²) in [5, 5.41) is 2.91. The molecule has 1 fully saturated rings. The molecule has 0 aromatic heterocycles. The molecule has 2 amide bonds. The predicted octanol–water partition coefficient (Wildman–Crippen LogP) is 3.06. The molecule has 0 radical (unpaired) electrons. The van der Waals surface area contributed by atoms with Gasteiger partial charge >= 0.3 is 0 Å². The molecule has 1 aromatic carbocycles. The smallest absolute Gasteiger partial charge is 0.259 e. The van der Waals surface area contributed by atoms with Crippen molar-refractivity contribution < 1.29 is 14.3 Å². The van der Waals surface area contributed by atoms with Gasteiger partial charge in [0.25, 0.3) is 5.91 Å². The van der Waals surface area contributed by atoms with Crippen molar-refractivity contribution in [2.45, 2.75) is 38.5 Å². The molecule has 0 unspecified atom stereocenters. The topological polar surface area (TPSA) is 58.6 Å². The summed E-state index contributed by atoms with van der Waals surface area (Å²) in [5.41, 5.74) is 0.757. The van der Waals surface area contributed by atoms with Gasteiger partial charge in [0.1, 0.15) is 5.75 Å². The molecule has 126 valence electrons. The lowest BCUT2D eigenvalue weighted by molar-refractivity contribution is -0.130. The molecule has 1 aliphatic carbocycles. The molecule has 5 nitrogen and oxygen atoms in total. The minimum absolute atomic E-state index is 0.0140. The molecule has 0 heterocycles. The SMILES string of the molecule is CN(C)C(=O)COc1ccc(NC(=O)CCC2CCCC2)cc1. The summed E-state index contributed by atoms with van der Waals surface area (Å²) in [6, 6.07) is 7.11. The number of likely N-dealkylation sites (N-methyl/N-ethyl adjacent to an activating group) is 1. The van der Waals surface area contributed by atoms with Crippen LogP contribution in [0.3, 0.4) is 0 Å².